The Morgan fingerprint density at radius 3 is 1.56 bits per heavy atom. The van der Waals surface area contributed by atoms with Gasteiger partial charge in [-0.05, 0) is 72.8 Å². The van der Waals surface area contributed by atoms with Crippen molar-refractivity contribution in [2.75, 3.05) is 7.11 Å². The molecule has 0 saturated carbocycles. The van der Waals surface area contributed by atoms with Gasteiger partial charge in [0.2, 0.25) is 9.84 Å². The summed E-state index contributed by atoms with van der Waals surface area (Å²) >= 11 is 0. The second kappa shape index (κ2) is 6.94. The van der Waals surface area contributed by atoms with E-state index in [0.29, 0.717) is 17.2 Å². The maximum absolute atomic E-state index is 13.0. The van der Waals surface area contributed by atoms with Crippen LogP contribution in [0.1, 0.15) is 0 Å². The lowest BCUT2D eigenvalue weighted by molar-refractivity contribution is 0.413. The smallest absolute Gasteiger partial charge is 0.206 e. The van der Waals surface area contributed by atoms with E-state index in [-0.39, 0.29) is 9.79 Å². The average molecular weight is 358 g/mol. The molecule has 0 aliphatic rings. The molecule has 0 unspecified atom stereocenters. The van der Waals surface area contributed by atoms with Gasteiger partial charge in [0.25, 0.3) is 0 Å². The topological polar surface area (TPSA) is 52.6 Å². The molecule has 0 amide bonds. The molecule has 0 saturated heterocycles. The summed E-state index contributed by atoms with van der Waals surface area (Å²) < 4.78 is 48.7. The van der Waals surface area contributed by atoms with Crippen molar-refractivity contribution in [1.29, 1.82) is 0 Å². The minimum absolute atomic E-state index is 0.0396. The van der Waals surface area contributed by atoms with E-state index in [1.54, 1.807) is 43.5 Å². The van der Waals surface area contributed by atoms with Crippen LogP contribution in [0.25, 0.3) is 0 Å². The van der Waals surface area contributed by atoms with Crippen molar-refractivity contribution < 1.29 is 22.3 Å². The molecule has 128 valence electrons. The van der Waals surface area contributed by atoms with Gasteiger partial charge in [0.15, 0.2) is 0 Å². The highest BCUT2D eigenvalue weighted by Crippen LogP contribution is 2.27. The zero-order chi connectivity index (χ0) is 17.9. The summed E-state index contributed by atoms with van der Waals surface area (Å²) in [6, 6.07) is 17.8. The first kappa shape index (κ1) is 17.0. The summed E-state index contributed by atoms with van der Waals surface area (Å²) in [5.74, 6) is 1.34. The number of methoxy groups -OCH3 is 1. The first-order chi connectivity index (χ1) is 12.0. The normalized spacial score (nSPS) is 11.1. The predicted molar refractivity (Wildman–Crippen MR) is 91.4 cm³/mol. The molecule has 0 aliphatic carbocycles. The Kier molecular flexibility index (Phi) is 4.72. The summed E-state index contributed by atoms with van der Waals surface area (Å²) in [5.41, 5.74) is 0. The fraction of sp³-hybridized carbons (Fsp3) is 0.0526. The zero-order valence-corrected chi connectivity index (χ0v) is 14.2. The van der Waals surface area contributed by atoms with Crippen molar-refractivity contribution in [2.24, 2.45) is 0 Å². The molecule has 25 heavy (non-hydrogen) atoms. The maximum atomic E-state index is 13.0. The van der Waals surface area contributed by atoms with Crippen LogP contribution in [0.15, 0.2) is 82.6 Å². The van der Waals surface area contributed by atoms with Crippen molar-refractivity contribution >= 4 is 9.84 Å². The van der Waals surface area contributed by atoms with Crippen molar-refractivity contribution in [1.82, 2.24) is 0 Å². The Labute approximate surface area is 145 Å². The highest BCUT2D eigenvalue weighted by Gasteiger charge is 2.17. The van der Waals surface area contributed by atoms with Gasteiger partial charge in [0.1, 0.15) is 23.1 Å². The van der Waals surface area contributed by atoms with Crippen LogP contribution in [0.5, 0.6) is 17.2 Å². The van der Waals surface area contributed by atoms with Crippen molar-refractivity contribution in [3.8, 4) is 17.2 Å². The molecule has 0 aliphatic heterocycles. The van der Waals surface area contributed by atoms with Crippen LogP contribution < -0.4 is 9.47 Å². The fourth-order valence-corrected chi connectivity index (χ4v) is 3.48. The van der Waals surface area contributed by atoms with Crippen LogP contribution in [0, 0.1) is 5.82 Å². The van der Waals surface area contributed by atoms with E-state index >= 15 is 0 Å². The van der Waals surface area contributed by atoms with Crippen LogP contribution in [0.2, 0.25) is 0 Å². The molecule has 0 radical (unpaired) electrons. The minimum atomic E-state index is -3.69. The molecule has 0 atom stereocenters. The first-order valence-corrected chi connectivity index (χ1v) is 8.90. The molecule has 0 bridgehead atoms. The third-order valence-corrected chi connectivity index (χ3v) is 5.34. The van der Waals surface area contributed by atoms with Crippen molar-refractivity contribution in [3.05, 3.63) is 78.6 Å². The standard InChI is InChI=1S/C19H15FO4S/c1-23-15-4-6-16(7-5-15)24-17-8-12-19(13-9-17)25(21,22)18-10-2-14(20)3-11-18/h2-13H,1H3. The Bertz CT molecular complexity index is 948. The first-order valence-electron chi connectivity index (χ1n) is 7.42. The molecule has 0 heterocycles. The van der Waals surface area contributed by atoms with Crippen LogP contribution in [-0.2, 0) is 9.84 Å². The molecule has 3 aromatic carbocycles. The highest BCUT2D eigenvalue weighted by atomic mass is 32.2. The fourth-order valence-electron chi connectivity index (χ4n) is 2.22. The molecule has 4 nitrogen and oxygen atoms in total. The summed E-state index contributed by atoms with van der Waals surface area (Å²) in [7, 11) is -2.11. The number of ether oxygens (including phenoxy) is 2. The minimum Gasteiger partial charge on any atom is -0.497 e. The largest absolute Gasteiger partial charge is 0.497 e. The van der Waals surface area contributed by atoms with Crippen molar-refractivity contribution in [3.63, 3.8) is 0 Å². The van der Waals surface area contributed by atoms with E-state index in [1.165, 1.54) is 24.3 Å². The van der Waals surface area contributed by atoms with Gasteiger partial charge in [0.05, 0.1) is 16.9 Å². The van der Waals surface area contributed by atoms with Gasteiger partial charge in [-0.2, -0.15) is 0 Å². The van der Waals surface area contributed by atoms with Crippen LogP contribution >= 0.6 is 0 Å². The number of rotatable bonds is 5. The summed E-state index contributed by atoms with van der Waals surface area (Å²) in [6.45, 7) is 0. The third kappa shape index (κ3) is 3.80. The van der Waals surface area contributed by atoms with E-state index in [9.17, 15) is 12.8 Å². The van der Waals surface area contributed by atoms with E-state index in [4.69, 9.17) is 9.47 Å². The van der Waals surface area contributed by atoms with Crippen LogP contribution in [0.3, 0.4) is 0 Å². The lowest BCUT2D eigenvalue weighted by Crippen LogP contribution is -2.01. The highest BCUT2D eigenvalue weighted by molar-refractivity contribution is 7.91. The van der Waals surface area contributed by atoms with E-state index in [1.807, 2.05) is 0 Å². The molecular weight excluding hydrogens is 343 g/mol. The quantitative estimate of drug-likeness (QED) is 0.632. The van der Waals surface area contributed by atoms with Gasteiger partial charge in [0, 0.05) is 0 Å². The van der Waals surface area contributed by atoms with Gasteiger partial charge >= 0.3 is 0 Å². The number of halogens is 1. The van der Waals surface area contributed by atoms with Gasteiger partial charge in [-0.25, -0.2) is 12.8 Å². The number of hydrogen-bond acceptors (Lipinski definition) is 4. The van der Waals surface area contributed by atoms with E-state index < -0.39 is 15.7 Å². The SMILES string of the molecule is COc1ccc(Oc2ccc(S(=O)(=O)c3ccc(F)cc3)cc2)cc1. The van der Waals surface area contributed by atoms with E-state index in [2.05, 4.69) is 0 Å². The summed E-state index contributed by atoms with van der Waals surface area (Å²) in [5, 5.41) is 0. The molecule has 0 spiro atoms. The zero-order valence-electron chi connectivity index (χ0n) is 13.3. The average Bonchev–Trinajstić information content (AvgIpc) is 2.63. The Morgan fingerprint density at radius 1 is 0.680 bits per heavy atom. The summed E-state index contributed by atoms with van der Waals surface area (Å²) in [4.78, 5) is 0.152. The van der Waals surface area contributed by atoms with Gasteiger partial charge < -0.3 is 9.47 Å². The Hall–Kier alpha value is -2.86. The summed E-state index contributed by atoms with van der Waals surface area (Å²) in [6.07, 6.45) is 0. The number of benzene rings is 3. The Morgan fingerprint density at radius 2 is 1.08 bits per heavy atom. The Balaban J connectivity index is 1.80. The van der Waals surface area contributed by atoms with Crippen LogP contribution in [0.4, 0.5) is 4.39 Å². The number of sulfone groups is 1. The van der Waals surface area contributed by atoms with Crippen LogP contribution in [-0.4, -0.2) is 15.5 Å². The predicted octanol–water partition coefficient (Wildman–Crippen LogP) is 4.46. The number of hydrogen-bond donors (Lipinski definition) is 0. The second-order valence-corrected chi connectivity index (χ2v) is 7.16. The molecular formula is C19H15FO4S. The molecule has 3 rings (SSSR count). The maximum Gasteiger partial charge on any atom is 0.206 e. The van der Waals surface area contributed by atoms with Gasteiger partial charge in [-0.1, -0.05) is 0 Å². The van der Waals surface area contributed by atoms with Crippen molar-refractivity contribution in [2.45, 2.75) is 9.79 Å². The van der Waals surface area contributed by atoms with E-state index in [0.717, 1.165) is 12.1 Å². The molecule has 0 aromatic heterocycles. The molecule has 3 aromatic rings. The molecule has 6 heteroatoms. The third-order valence-electron chi connectivity index (χ3n) is 3.55. The second-order valence-electron chi connectivity index (χ2n) is 5.21. The lowest BCUT2D eigenvalue weighted by atomic mass is 10.3. The molecule has 0 fully saturated rings. The monoisotopic (exact) mass is 358 g/mol. The molecule has 0 N–H and O–H groups in total. The lowest BCUT2D eigenvalue weighted by Gasteiger charge is -2.08. The van der Waals surface area contributed by atoms with Gasteiger partial charge in [-0.3, -0.25) is 0 Å². The van der Waals surface area contributed by atoms with Gasteiger partial charge in [-0.15, -0.1) is 0 Å².